The van der Waals surface area contributed by atoms with Crippen molar-refractivity contribution in [1.82, 2.24) is 4.31 Å². The highest BCUT2D eigenvalue weighted by atomic mass is 32.2. The fourth-order valence-corrected chi connectivity index (χ4v) is 6.27. The lowest BCUT2D eigenvalue weighted by atomic mass is 10.2. The number of benzene rings is 1. The van der Waals surface area contributed by atoms with Gasteiger partial charge in [0.25, 0.3) is 5.69 Å². The molecule has 144 valence electrons. The molecule has 2 heterocycles. The number of hydrogen-bond acceptors (Lipinski definition) is 8. The predicted molar refractivity (Wildman–Crippen MR) is 93.4 cm³/mol. The van der Waals surface area contributed by atoms with Crippen LogP contribution in [0.3, 0.4) is 0 Å². The van der Waals surface area contributed by atoms with Crippen LogP contribution in [0.4, 0.5) is 11.4 Å². The molecule has 0 saturated carbocycles. The van der Waals surface area contributed by atoms with Crippen LogP contribution in [0, 0.1) is 10.1 Å². The van der Waals surface area contributed by atoms with Gasteiger partial charge in [-0.2, -0.15) is 4.31 Å². The highest BCUT2D eigenvalue weighted by molar-refractivity contribution is 7.91. The van der Waals surface area contributed by atoms with E-state index in [1.54, 1.807) is 0 Å². The molecule has 0 aliphatic carbocycles. The van der Waals surface area contributed by atoms with E-state index < -0.39 is 30.8 Å². The van der Waals surface area contributed by atoms with E-state index in [2.05, 4.69) is 5.32 Å². The first-order valence-electron chi connectivity index (χ1n) is 8.02. The fraction of sp³-hybridized carbons (Fsp3) is 0.571. The predicted octanol–water partition coefficient (Wildman–Crippen LogP) is 0.215. The molecule has 0 unspecified atom stereocenters. The summed E-state index contributed by atoms with van der Waals surface area (Å²) >= 11 is 0. The molecule has 10 nitrogen and oxygen atoms in total. The lowest BCUT2D eigenvalue weighted by Gasteiger charge is -2.27. The number of nitrogens with zero attached hydrogens (tertiary/aromatic N) is 2. The number of sulfonamides is 1. The van der Waals surface area contributed by atoms with Crippen molar-refractivity contribution in [1.29, 1.82) is 0 Å². The third kappa shape index (κ3) is 3.98. The van der Waals surface area contributed by atoms with Crippen molar-refractivity contribution in [2.75, 3.05) is 43.1 Å². The van der Waals surface area contributed by atoms with Gasteiger partial charge in [-0.25, -0.2) is 16.8 Å². The number of ether oxygens (including phenoxy) is 1. The SMILES string of the molecule is O=[N+]([O-])c1ccc(N[C@H]2CCS(=O)(=O)C2)c(S(=O)(=O)N2CCOCC2)c1. The zero-order valence-electron chi connectivity index (χ0n) is 13.8. The summed E-state index contributed by atoms with van der Waals surface area (Å²) in [5.74, 6) is -0.0653. The molecule has 26 heavy (non-hydrogen) atoms. The first-order valence-corrected chi connectivity index (χ1v) is 11.3. The number of anilines is 1. The summed E-state index contributed by atoms with van der Waals surface area (Å²) in [6, 6.07) is 3.09. The lowest BCUT2D eigenvalue weighted by molar-refractivity contribution is -0.385. The summed E-state index contributed by atoms with van der Waals surface area (Å²) in [5.41, 5.74) is -0.175. The van der Waals surface area contributed by atoms with Gasteiger partial charge in [0, 0.05) is 31.3 Å². The maximum absolute atomic E-state index is 13.0. The molecule has 0 amide bonds. The van der Waals surface area contributed by atoms with Crippen molar-refractivity contribution in [2.24, 2.45) is 0 Å². The second-order valence-electron chi connectivity index (χ2n) is 6.20. The average molecular weight is 405 g/mol. The molecule has 2 fully saturated rings. The molecule has 1 aromatic carbocycles. The molecule has 2 saturated heterocycles. The molecule has 2 aliphatic rings. The molecule has 1 aromatic rings. The van der Waals surface area contributed by atoms with Gasteiger partial charge < -0.3 is 10.1 Å². The van der Waals surface area contributed by atoms with Crippen LogP contribution in [0.2, 0.25) is 0 Å². The molecule has 0 radical (unpaired) electrons. The quantitative estimate of drug-likeness (QED) is 0.542. The van der Waals surface area contributed by atoms with Gasteiger partial charge >= 0.3 is 0 Å². The number of nitrogens with one attached hydrogen (secondary N) is 1. The number of rotatable bonds is 5. The van der Waals surface area contributed by atoms with Crippen LogP contribution in [0.1, 0.15) is 6.42 Å². The van der Waals surface area contributed by atoms with Gasteiger partial charge in [0.05, 0.1) is 35.3 Å². The first kappa shape index (κ1) is 19.0. The van der Waals surface area contributed by atoms with Gasteiger partial charge in [-0.15, -0.1) is 0 Å². The van der Waals surface area contributed by atoms with Crippen LogP contribution in [-0.2, 0) is 24.6 Å². The smallest absolute Gasteiger partial charge is 0.270 e. The Morgan fingerprint density at radius 2 is 1.96 bits per heavy atom. The second kappa shape index (κ2) is 7.10. The van der Waals surface area contributed by atoms with Crippen molar-refractivity contribution in [3.8, 4) is 0 Å². The first-order chi connectivity index (χ1) is 12.2. The van der Waals surface area contributed by atoms with Crippen molar-refractivity contribution < 1.29 is 26.5 Å². The number of nitro benzene ring substituents is 1. The summed E-state index contributed by atoms with van der Waals surface area (Å²) in [7, 11) is -7.14. The fourth-order valence-electron chi connectivity index (χ4n) is 3.01. The van der Waals surface area contributed by atoms with Gasteiger partial charge in [0.2, 0.25) is 10.0 Å². The zero-order chi connectivity index (χ0) is 18.9. The number of nitro groups is 1. The van der Waals surface area contributed by atoms with Gasteiger partial charge in [-0.05, 0) is 12.5 Å². The maximum atomic E-state index is 13.0. The number of sulfone groups is 1. The van der Waals surface area contributed by atoms with E-state index in [4.69, 9.17) is 4.74 Å². The molecule has 1 atom stereocenters. The minimum atomic E-state index is -3.98. The van der Waals surface area contributed by atoms with E-state index in [1.165, 1.54) is 16.4 Å². The molecule has 2 aliphatic heterocycles. The van der Waals surface area contributed by atoms with Crippen LogP contribution < -0.4 is 5.32 Å². The van der Waals surface area contributed by atoms with Crippen LogP contribution in [0.25, 0.3) is 0 Å². The van der Waals surface area contributed by atoms with E-state index in [1.807, 2.05) is 0 Å². The topological polar surface area (TPSA) is 136 Å². The summed E-state index contributed by atoms with van der Waals surface area (Å²) in [6.45, 7) is 0.806. The Morgan fingerprint density at radius 1 is 1.27 bits per heavy atom. The van der Waals surface area contributed by atoms with E-state index in [0.717, 1.165) is 6.07 Å². The Balaban J connectivity index is 1.97. The Morgan fingerprint density at radius 3 is 2.54 bits per heavy atom. The molecule has 12 heteroatoms. The average Bonchev–Trinajstić information content (AvgIpc) is 2.94. The van der Waals surface area contributed by atoms with Gasteiger partial charge in [-0.3, -0.25) is 10.1 Å². The number of morpholine rings is 1. The highest BCUT2D eigenvalue weighted by Gasteiger charge is 2.33. The Bertz CT molecular complexity index is 908. The lowest BCUT2D eigenvalue weighted by Crippen LogP contribution is -2.41. The van der Waals surface area contributed by atoms with Crippen LogP contribution in [-0.4, -0.2) is 69.9 Å². The van der Waals surface area contributed by atoms with Gasteiger partial charge in [0.15, 0.2) is 9.84 Å². The minimum absolute atomic E-state index is 0.0309. The summed E-state index contributed by atoms with van der Waals surface area (Å²) in [4.78, 5) is 10.2. The van der Waals surface area contributed by atoms with Crippen LogP contribution in [0.15, 0.2) is 23.1 Å². The van der Waals surface area contributed by atoms with Gasteiger partial charge in [-0.1, -0.05) is 0 Å². The van der Waals surface area contributed by atoms with Crippen LogP contribution in [0.5, 0.6) is 0 Å². The van der Waals surface area contributed by atoms with Crippen molar-refractivity contribution in [3.63, 3.8) is 0 Å². The highest BCUT2D eigenvalue weighted by Crippen LogP contribution is 2.31. The molecule has 3 rings (SSSR count). The standard InChI is InChI=1S/C14H19N3O7S2/c18-17(19)12-1-2-13(15-11-3-8-25(20,21)10-11)14(9-12)26(22,23)16-4-6-24-7-5-16/h1-2,9,11,15H,3-8,10H2/t11-/m0/s1. The van der Waals surface area contributed by atoms with Crippen molar-refractivity contribution in [2.45, 2.75) is 17.4 Å². The molecular weight excluding hydrogens is 386 g/mol. The zero-order valence-corrected chi connectivity index (χ0v) is 15.5. The van der Waals surface area contributed by atoms with Gasteiger partial charge in [0.1, 0.15) is 4.90 Å². The van der Waals surface area contributed by atoms with E-state index in [-0.39, 0.29) is 54.1 Å². The summed E-state index contributed by atoms with van der Waals surface area (Å²) < 4.78 is 55.6. The van der Waals surface area contributed by atoms with E-state index >= 15 is 0 Å². The third-order valence-corrected chi connectivity index (χ3v) is 8.06. The van der Waals surface area contributed by atoms with Crippen LogP contribution >= 0.6 is 0 Å². The molecule has 0 aromatic heterocycles. The maximum Gasteiger partial charge on any atom is 0.270 e. The normalized spacial score (nSPS) is 23.6. The molecular formula is C14H19N3O7S2. The molecule has 1 N–H and O–H groups in total. The Labute approximate surface area is 151 Å². The molecule has 0 spiro atoms. The van der Waals surface area contributed by atoms with Crippen molar-refractivity contribution in [3.05, 3.63) is 28.3 Å². The number of hydrogen-bond donors (Lipinski definition) is 1. The van der Waals surface area contributed by atoms with E-state index in [9.17, 15) is 26.9 Å². The minimum Gasteiger partial charge on any atom is -0.380 e. The number of non-ortho nitro benzene ring substituents is 1. The summed E-state index contributed by atoms with van der Waals surface area (Å²) in [5, 5.41) is 14.0. The monoisotopic (exact) mass is 405 g/mol. The Kier molecular flexibility index (Phi) is 5.19. The van der Waals surface area contributed by atoms with Crippen molar-refractivity contribution >= 4 is 31.2 Å². The summed E-state index contributed by atoms with van der Waals surface area (Å²) in [6.07, 6.45) is 0.358. The molecule has 0 bridgehead atoms. The largest absolute Gasteiger partial charge is 0.380 e. The Hall–Kier alpha value is -1.76. The van der Waals surface area contributed by atoms with E-state index in [0.29, 0.717) is 6.42 Å². The third-order valence-electron chi connectivity index (χ3n) is 4.36. The second-order valence-corrected chi connectivity index (χ2v) is 10.3.